The third kappa shape index (κ3) is 4.95. The first-order chi connectivity index (χ1) is 7.20. The largest absolute Gasteiger partial charge is 0.465 e. The Kier molecular flexibility index (Phi) is 5.36. The summed E-state index contributed by atoms with van der Waals surface area (Å²) in [5, 5.41) is 0. The highest BCUT2D eigenvalue weighted by Gasteiger charge is 2.01. The Bertz CT molecular complexity index is 336. The van der Waals surface area contributed by atoms with E-state index in [9.17, 15) is 4.79 Å². The molecule has 1 aromatic rings. The summed E-state index contributed by atoms with van der Waals surface area (Å²) in [5.74, 6) is 0.453. The van der Waals surface area contributed by atoms with Crippen LogP contribution in [0.25, 0.3) is 0 Å². The van der Waals surface area contributed by atoms with Gasteiger partial charge < -0.3 is 4.74 Å². The van der Waals surface area contributed by atoms with E-state index in [1.807, 2.05) is 30.3 Å². The fraction of sp³-hybridized carbons (Fsp3) is 0.273. The second kappa shape index (κ2) is 6.58. The Balaban J connectivity index is 2.28. The molecule has 0 saturated heterocycles. The van der Waals surface area contributed by atoms with Crippen LogP contribution >= 0.6 is 24.0 Å². The number of carbonyl (C=O) groups excluding carboxylic acids is 1. The van der Waals surface area contributed by atoms with Crippen molar-refractivity contribution in [1.29, 1.82) is 0 Å². The average molecular weight is 240 g/mol. The van der Waals surface area contributed by atoms with Crippen LogP contribution in [0.15, 0.2) is 30.3 Å². The van der Waals surface area contributed by atoms with Gasteiger partial charge in [-0.25, -0.2) is 0 Å². The number of esters is 1. The zero-order valence-electron chi connectivity index (χ0n) is 8.43. The number of rotatable bonds is 4. The van der Waals surface area contributed by atoms with E-state index in [1.54, 1.807) is 0 Å². The Morgan fingerprint density at radius 1 is 1.40 bits per heavy atom. The molecule has 0 aliphatic rings. The van der Waals surface area contributed by atoms with E-state index in [0.717, 1.165) is 9.76 Å². The lowest BCUT2D eigenvalue weighted by Crippen LogP contribution is -2.04. The third-order valence-electron chi connectivity index (χ3n) is 1.63. The van der Waals surface area contributed by atoms with Crippen LogP contribution in [0.1, 0.15) is 12.5 Å². The molecule has 0 aliphatic carbocycles. The minimum Gasteiger partial charge on any atom is -0.465 e. The lowest BCUT2D eigenvalue weighted by molar-refractivity contribution is -0.140. The second-order valence-corrected chi connectivity index (χ2v) is 4.61. The van der Waals surface area contributed by atoms with Crippen LogP contribution in [-0.2, 0) is 9.53 Å². The number of hydrogen-bond acceptors (Lipinski definition) is 4. The fourth-order valence-electron chi connectivity index (χ4n) is 0.977. The zero-order valence-corrected chi connectivity index (χ0v) is 10.1. The first-order valence-electron chi connectivity index (χ1n) is 4.55. The van der Waals surface area contributed by atoms with Gasteiger partial charge in [0.1, 0.15) is 6.61 Å². The maximum absolute atomic E-state index is 10.5. The highest BCUT2D eigenvalue weighted by atomic mass is 32.2. The van der Waals surface area contributed by atoms with Gasteiger partial charge in [-0.3, -0.25) is 4.79 Å². The Morgan fingerprint density at radius 3 is 2.67 bits per heavy atom. The number of carbonyl (C=O) groups is 1. The maximum atomic E-state index is 10.5. The van der Waals surface area contributed by atoms with Crippen molar-refractivity contribution in [2.24, 2.45) is 0 Å². The van der Waals surface area contributed by atoms with Crippen molar-refractivity contribution >= 4 is 34.1 Å². The maximum Gasteiger partial charge on any atom is 0.302 e. The molecule has 0 fully saturated rings. The molecule has 80 valence electrons. The van der Waals surface area contributed by atoms with E-state index in [4.69, 9.17) is 17.0 Å². The third-order valence-corrected chi connectivity index (χ3v) is 3.09. The van der Waals surface area contributed by atoms with Gasteiger partial charge in [-0.15, -0.1) is 11.8 Å². The molecule has 1 rings (SSSR count). The summed E-state index contributed by atoms with van der Waals surface area (Å²) in [4.78, 5) is 10.5. The molecule has 0 amide bonds. The minimum absolute atomic E-state index is 0.249. The number of ether oxygens (including phenoxy) is 1. The van der Waals surface area contributed by atoms with Gasteiger partial charge in [0, 0.05) is 12.7 Å². The molecule has 0 aromatic heterocycles. The zero-order chi connectivity index (χ0) is 11.1. The molecular weight excluding hydrogens is 228 g/mol. The van der Waals surface area contributed by atoms with Crippen LogP contribution in [0.4, 0.5) is 0 Å². The molecule has 4 heteroatoms. The van der Waals surface area contributed by atoms with Gasteiger partial charge in [0.25, 0.3) is 0 Å². The summed E-state index contributed by atoms with van der Waals surface area (Å²) in [6.45, 7) is 1.81. The Morgan fingerprint density at radius 2 is 2.07 bits per heavy atom. The van der Waals surface area contributed by atoms with Gasteiger partial charge in [0.15, 0.2) is 0 Å². The molecule has 15 heavy (non-hydrogen) atoms. The summed E-state index contributed by atoms with van der Waals surface area (Å²) < 4.78 is 5.64. The fourth-order valence-corrected chi connectivity index (χ4v) is 2.02. The summed E-state index contributed by atoms with van der Waals surface area (Å²) in [6.07, 6.45) is 0. The van der Waals surface area contributed by atoms with Crippen LogP contribution < -0.4 is 0 Å². The van der Waals surface area contributed by atoms with Crippen molar-refractivity contribution in [3.63, 3.8) is 0 Å². The molecule has 0 radical (unpaired) electrons. The molecule has 1 aromatic carbocycles. The van der Waals surface area contributed by atoms with E-state index < -0.39 is 0 Å². The molecule has 0 aliphatic heterocycles. The highest BCUT2D eigenvalue weighted by Crippen LogP contribution is 2.13. The van der Waals surface area contributed by atoms with Gasteiger partial charge in [-0.2, -0.15) is 0 Å². The molecule has 0 saturated carbocycles. The quantitative estimate of drug-likeness (QED) is 0.459. The first-order valence-corrected chi connectivity index (χ1v) is 5.95. The van der Waals surface area contributed by atoms with Crippen LogP contribution in [0.3, 0.4) is 0 Å². The van der Waals surface area contributed by atoms with E-state index in [-0.39, 0.29) is 5.97 Å². The number of thiocarbonyl (C=S) groups is 1. The summed E-state index contributed by atoms with van der Waals surface area (Å²) >= 11 is 6.75. The van der Waals surface area contributed by atoms with Gasteiger partial charge in [-0.05, 0) is 5.56 Å². The lowest BCUT2D eigenvalue weighted by Gasteiger charge is -2.03. The predicted molar refractivity (Wildman–Crippen MR) is 67.2 cm³/mol. The van der Waals surface area contributed by atoms with E-state index in [2.05, 4.69) is 0 Å². The van der Waals surface area contributed by atoms with Crippen LogP contribution in [0, 0.1) is 0 Å². The van der Waals surface area contributed by atoms with Gasteiger partial charge in [0.2, 0.25) is 0 Å². The van der Waals surface area contributed by atoms with Crippen LogP contribution in [0.2, 0.25) is 0 Å². The smallest absolute Gasteiger partial charge is 0.302 e. The standard InChI is InChI=1S/C11H12O2S2/c1-9(12)13-7-8-15-11(14)10-5-3-2-4-6-10/h2-6H,7-8H2,1H3. The van der Waals surface area contributed by atoms with Crippen molar-refractivity contribution in [3.05, 3.63) is 35.9 Å². The number of hydrogen-bond donors (Lipinski definition) is 0. The van der Waals surface area contributed by atoms with Gasteiger partial charge in [-0.1, -0.05) is 42.5 Å². The van der Waals surface area contributed by atoms with E-state index in [1.165, 1.54) is 18.7 Å². The van der Waals surface area contributed by atoms with Crippen molar-refractivity contribution in [1.82, 2.24) is 0 Å². The van der Waals surface area contributed by atoms with E-state index in [0.29, 0.717) is 12.4 Å². The second-order valence-electron chi connectivity index (χ2n) is 2.84. The lowest BCUT2D eigenvalue weighted by atomic mass is 10.2. The van der Waals surface area contributed by atoms with Gasteiger partial charge >= 0.3 is 5.97 Å². The normalized spacial score (nSPS) is 9.67. The SMILES string of the molecule is CC(=O)OCCSC(=S)c1ccccc1. The molecular formula is C11H12O2S2. The average Bonchev–Trinajstić information content (AvgIpc) is 2.25. The predicted octanol–water partition coefficient (Wildman–Crippen LogP) is 2.66. The van der Waals surface area contributed by atoms with Crippen molar-refractivity contribution in [2.75, 3.05) is 12.4 Å². The molecule has 0 atom stereocenters. The van der Waals surface area contributed by atoms with Crippen LogP contribution in [0.5, 0.6) is 0 Å². The summed E-state index contributed by atoms with van der Waals surface area (Å²) in [5.41, 5.74) is 1.04. The number of thioether (sulfide) groups is 1. The highest BCUT2D eigenvalue weighted by molar-refractivity contribution is 8.23. The Hall–Kier alpha value is -0.870. The first kappa shape index (κ1) is 12.2. The number of benzene rings is 1. The van der Waals surface area contributed by atoms with Crippen molar-refractivity contribution < 1.29 is 9.53 Å². The van der Waals surface area contributed by atoms with Gasteiger partial charge in [0.05, 0.1) is 4.20 Å². The molecule has 0 bridgehead atoms. The molecule has 0 unspecified atom stereocenters. The molecule has 2 nitrogen and oxygen atoms in total. The van der Waals surface area contributed by atoms with Crippen molar-refractivity contribution in [3.8, 4) is 0 Å². The topological polar surface area (TPSA) is 26.3 Å². The summed E-state index contributed by atoms with van der Waals surface area (Å²) in [6, 6.07) is 9.81. The monoisotopic (exact) mass is 240 g/mol. The minimum atomic E-state index is -0.249. The molecule has 0 spiro atoms. The van der Waals surface area contributed by atoms with Crippen molar-refractivity contribution in [2.45, 2.75) is 6.92 Å². The Labute approximate surface area is 99.0 Å². The summed E-state index contributed by atoms with van der Waals surface area (Å²) in [7, 11) is 0. The van der Waals surface area contributed by atoms with E-state index >= 15 is 0 Å². The van der Waals surface area contributed by atoms with Crippen LogP contribution in [-0.4, -0.2) is 22.5 Å². The molecule has 0 heterocycles. The molecule has 0 N–H and O–H groups in total.